The SMILES string of the molecule is COCOC(=C(F)F)c1ccc(-c2ccccc2C)cc1. The Hall–Kier alpha value is -2.20. The van der Waals surface area contributed by atoms with Crippen molar-refractivity contribution in [3.05, 3.63) is 65.7 Å². The summed E-state index contributed by atoms with van der Waals surface area (Å²) in [7, 11) is 1.38. The van der Waals surface area contributed by atoms with Crippen molar-refractivity contribution in [1.82, 2.24) is 0 Å². The monoisotopic (exact) mass is 290 g/mol. The number of hydrogen-bond acceptors (Lipinski definition) is 2. The van der Waals surface area contributed by atoms with Crippen molar-refractivity contribution >= 4 is 5.76 Å². The molecule has 0 atom stereocenters. The molecule has 0 amide bonds. The van der Waals surface area contributed by atoms with Gasteiger partial charge in [0.25, 0.3) is 0 Å². The average Bonchev–Trinajstić information content (AvgIpc) is 2.49. The topological polar surface area (TPSA) is 18.5 Å². The van der Waals surface area contributed by atoms with E-state index in [-0.39, 0.29) is 6.79 Å². The third-order valence-corrected chi connectivity index (χ3v) is 3.10. The van der Waals surface area contributed by atoms with E-state index in [0.717, 1.165) is 16.7 Å². The summed E-state index contributed by atoms with van der Waals surface area (Å²) in [6.07, 6.45) is -1.87. The van der Waals surface area contributed by atoms with Gasteiger partial charge in [0, 0.05) is 12.7 Å². The zero-order valence-electron chi connectivity index (χ0n) is 11.9. The lowest BCUT2D eigenvalue weighted by atomic mass is 9.99. The van der Waals surface area contributed by atoms with Gasteiger partial charge in [0.1, 0.15) is 0 Å². The quantitative estimate of drug-likeness (QED) is 0.579. The molecule has 0 spiro atoms. The fourth-order valence-electron chi connectivity index (χ4n) is 2.06. The maximum atomic E-state index is 12.9. The molecule has 2 nitrogen and oxygen atoms in total. The molecule has 0 fully saturated rings. The maximum absolute atomic E-state index is 12.9. The van der Waals surface area contributed by atoms with Crippen LogP contribution in [0.3, 0.4) is 0 Å². The predicted molar refractivity (Wildman–Crippen MR) is 78.7 cm³/mol. The Morgan fingerprint density at radius 2 is 1.67 bits per heavy atom. The minimum atomic E-state index is -1.87. The fourth-order valence-corrected chi connectivity index (χ4v) is 2.06. The van der Waals surface area contributed by atoms with Crippen molar-refractivity contribution < 1.29 is 18.3 Å². The second-order valence-corrected chi connectivity index (χ2v) is 4.53. The number of hydrogen-bond donors (Lipinski definition) is 0. The minimum absolute atomic E-state index is 0.216. The molecule has 0 N–H and O–H groups in total. The van der Waals surface area contributed by atoms with Gasteiger partial charge < -0.3 is 9.47 Å². The molecule has 0 bridgehead atoms. The zero-order chi connectivity index (χ0) is 15.2. The van der Waals surface area contributed by atoms with E-state index in [9.17, 15) is 8.78 Å². The molecular formula is C17H16F2O2. The van der Waals surface area contributed by atoms with E-state index in [4.69, 9.17) is 4.74 Å². The molecule has 0 aliphatic carbocycles. The average molecular weight is 290 g/mol. The van der Waals surface area contributed by atoms with Crippen LogP contribution in [0, 0.1) is 6.92 Å². The predicted octanol–water partition coefficient (Wildman–Crippen LogP) is 4.85. The van der Waals surface area contributed by atoms with Gasteiger partial charge in [-0.25, -0.2) is 0 Å². The van der Waals surface area contributed by atoms with Crippen LogP contribution < -0.4 is 0 Å². The molecule has 2 aromatic carbocycles. The lowest BCUT2D eigenvalue weighted by Crippen LogP contribution is -1.97. The smallest absolute Gasteiger partial charge is 0.312 e. The number of ether oxygens (including phenoxy) is 2. The van der Waals surface area contributed by atoms with Crippen molar-refractivity contribution in [2.75, 3.05) is 13.9 Å². The highest BCUT2D eigenvalue weighted by atomic mass is 19.3. The fraction of sp³-hybridized carbons (Fsp3) is 0.176. The van der Waals surface area contributed by atoms with Crippen molar-refractivity contribution in [2.45, 2.75) is 6.92 Å². The Kier molecular flexibility index (Phi) is 5.06. The van der Waals surface area contributed by atoms with Crippen molar-refractivity contribution in [1.29, 1.82) is 0 Å². The molecule has 0 saturated heterocycles. The molecule has 0 saturated carbocycles. The first-order chi connectivity index (χ1) is 10.1. The Morgan fingerprint density at radius 1 is 1.00 bits per heavy atom. The van der Waals surface area contributed by atoms with Gasteiger partial charge in [0.2, 0.25) is 0 Å². The molecule has 0 aromatic heterocycles. The molecule has 21 heavy (non-hydrogen) atoms. The molecule has 0 unspecified atom stereocenters. The van der Waals surface area contributed by atoms with Crippen molar-refractivity contribution in [3.63, 3.8) is 0 Å². The van der Waals surface area contributed by atoms with Crippen LogP contribution in [0.2, 0.25) is 0 Å². The summed E-state index contributed by atoms with van der Waals surface area (Å²) >= 11 is 0. The summed E-state index contributed by atoms with van der Waals surface area (Å²) in [6.45, 7) is 1.80. The number of methoxy groups -OCH3 is 1. The highest BCUT2D eigenvalue weighted by Gasteiger charge is 2.11. The molecule has 2 rings (SSSR count). The minimum Gasteiger partial charge on any atom is -0.461 e. The Morgan fingerprint density at radius 3 is 2.24 bits per heavy atom. The van der Waals surface area contributed by atoms with Gasteiger partial charge >= 0.3 is 6.08 Å². The number of rotatable bonds is 5. The van der Waals surface area contributed by atoms with Gasteiger partial charge in [-0.05, 0) is 23.6 Å². The standard InChI is InChI=1S/C17H16F2O2/c1-12-5-3-4-6-15(12)13-7-9-14(10-8-13)16(17(18)19)21-11-20-2/h3-10H,11H2,1-2H3. The molecule has 110 valence electrons. The van der Waals surface area contributed by atoms with E-state index in [2.05, 4.69) is 4.74 Å². The summed E-state index contributed by atoms with van der Waals surface area (Å²) in [5, 5.41) is 0. The van der Waals surface area contributed by atoms with Gasteiger partial charge in [-0.15, -0.1) is 0 Å². The Balaban J connectivity index is 2.30. The van der Waals surface area contributed by atoms with E-state index in [1.807, 2.05) is 31.2 Å². The Labute approximate surface area is 122 Å². The van der Waals surface area contributed by atoms with Gasteiger partial charge in [-0.1, -0.05) is 48.5 Å². The number of aryl methyl sites for hydroxylation is 1. The summed E-state index contributed by atoms with van der Waals surface area (Å²) in [6, 6.07) is 14.8. The molecule has 0 aliphatic heterocycles. The van der Waals surface area contributed by atoms with Gasteiger partial charge in [-0.2, -0.15) is 8.78 Å². The van der Waals surface area contributed by atoms with E-state index < -0.39 is 11.8 Å². The largest absolute Gasteiger partial charge is 0.461 e. The first kappa shape index (κ1) is 15.2. The first-order valence-electron chi connectivity index (χ1n) is 6.47. The third kappa shape index (κ3) is 3.67. The molecule has 0 heterocycles. The molecule has 4 heteroatoms. The van der Waals surface area contributed by atoms with Gasteiger partial charge in [0.15, 0.2) is 12.6 Å². The summed E-state index contributed by atoms with van der Waals surface area (Å²) < 4.78 is 35.4. The van der Waals surface area contributed by atoms with Crippen LogP contribution in [0.15, 0.2) is 54.6 Å². The normalized spacial score (nSPS) is 10.3. The Bertz CT molecular complexity index is 629. The second-order valence-electron chi connectivity index (χ2n) is 4.53. The van der Waals surface area contributed by atoms with Crippen LogP contribution in [0.5, 0.6) is 0 Å². The van der Waals surface area contributed by atoms with E-state index in [1.54, 1.807) is 24.3 Å². The van der Waals surface area contributed by atoms with Crippen LogP contribution in [-0.4, -0.2) is 13.9 Å². The number of halogens is 2. The zero-order valence-corrected chi connectivity index (χ0v) is 11.9. The second kappa shape index (κ2) is 6.99. The highest BCUT2D eigenvalue weighted by molar-refractivity contribution is 5.70. The summed E-state index contributed by atoms with van der Waals surface area (Å²) in [4.78, 5) is 0. The third-order valence-electron chi connectivity index (χ3n) is 3.10. The van der Waals surface area contributed by atoms with Crippen molar-refractivity contribution in [2.24, 2.45) is 0 Å². The van der Waals surface area contributed by atoms with Crippen molar-refractivity contribution in [3.8, 4) is 11.1 Å². The van der Waals surface area contributed by atoms with E-state index >= 15 is 0 Å². The van der Waals surface area contributed by atoms with Gasteiger partial charge in [0.05, 0.1) is 0 Å². The van der Waals surface area contributed by atoms with E-state index in [1.165, 1.54) is 7.11 Å². The molecule has 2 aromatic rings. The first-order valence-corrected chi connectivity index (χ1v) is 6.47. The van der Waals surface area contributed by atoms with E-state index in [0.29, 0.717) is 5.56 Å². The summed E-state index contributed by atoms with van der Waals surface area (Å²) in [5.74, 6) is -0.451. The molecular weight excluding hydrogens is 274 g/mol. The van der Waals surface area contributed by atoms with Crippen LogP contribution >= 0.6 is 0 Å². The molecule has 0 aliphatic rings. The molecule has 0 radical (unpaired) electrons. The van der Waals surface area contributed by atoms with Crippen LogP contribution in [0.1, 0.15) is 11.1 Å². The highest BCUT2D eigenvalue weighted by Crippen LogP contribution is 2.27. The summed E-state index contributed by atoms with van der Waals surface area (Å²) in [5.41, 5.74) is 3.51. The lowest BCUT2D eigenvalue weighted by Gasteiger charge is -2.10. The van der Waals surface area contributed by atoms with Crippen LogP contribution in [-0.2, 0) is 9.47 Å². The van der Waals surface area contributed by atoms with Crippen LogP contribution in [0.4, 0.5) is 8.78 Å². The maximum Gasteiger partial charge on any atom is 0.312 e. The number of benzene rings is 2. The lowest BCUT2D eigenvalue weighted by molar-refractivity contribution is 0.0283. The van der Waals surface area contributed by atoms with Gasteiger partial charge in [-0.3, -0.25) is 0 Å². The van der Waals surface area contributed by atoms with Crippen LogP contribution in [0.25, 0.3) is 16.9 Å².